The molecule has 2 heteroatoms. The van der Waals surface area contributed by atoms with Crippen LogP contribution >= 0.6 is 0 Å². The monoisotopic (exact) mass is 185 g/mol. The molecule has 78 valence electrons. The Bertz CT molecular complexity index is 162. The zero-order chi connectivity index (χ0) is 10.1. The van der Waals surface area contributed by atoms with Crippen LogP contribution < -0.4 is 5.73 Å². The molecule has 2 N–H and O–H groups in total. The molecule has 3 atom stereocenters. The Hall–Kier alpha value is -0.0800. The molecule has 13 heavy (non-hydrogen) atoms. The lowest BCUT2D eigenvalue weighted by molar-refractivity contribution is 0.00137. The van der Waals surface area contributed by atoms with Gasteiger partial charge in [-0.1, -0.05) is 27.7 Å². The van der Waals surface area contributed by atoms with Gasteiger partial charge in [-0.3, -0.25) is 0 Å². The predicted octanol–water partition coefficient (Wildman–Crippen LogP) is 2.03. The fraction of sp³-hybridized carbons (Fsp3) is 1.00. The average molecular weight is 185 g/mol. The maximum Gasteiger partial charge on any atom is 0.0494 e. The summed E-state index contributed by atoms with van der Waals surface area (Å²) in [6.45, 7) is 10.7. The number of hydrogen-bond donors (Lipinski definition) is 1. The quantitative estimate of drug-likeness (QED) is 0.678. The molecule has 0 radical (unpaired) electrons. The smallest absolute Gasteiger partial charge is 0.0494 e. The highest BCUT2D eigenvalue weighted by Crippen LogP contribution is 2.32. The van der Waals surface area contributed by atoms with Gasteiger partial charge in [-0.05, 0) is 23.7 Å². The van der Waals surface area contributed by atoms with Gasteiger partial charge in [0.1, 0.15) is 0 Å². The van der Waals surface area contributed by atoms with E-state index in [0.29, 0.717) is 17.9 Å². The van der Waals surface area contributed by atoms with Crippen molar-refractivity contribution < 1.29 is 4.74 Å². The van der Waals surface area contributed by atoms with Crippen molar-refractivity contribution in [3.05, 3.63) is 0 Å². The first-order chi connectivity index (χ1) is 5.93. The topological polar surface area (TPSA) is 35.2 Å². The van der Waals surface area contributed by atoms with Crippen LogP contribution in [0.25, 0.3) is 0 Å². The van der Waals surface area contributed by atoms with Crippen LogP contribution in [-0.4, -0.2) is 19.3 Å². The molecular formula is C11H23NO. The SMILES string of the molecule is CC1COCCC1C(N)C(C)(C)C. The van der Waals surface area contributed by atoms with Gasteiger partial charge in [-0.2, -0.15) is 0 Å². The molecular weight excluding hydrogens is 162 g/mol. The van der Waals surface area contributed by atoms with Gasteiger partial charge in [0.25, 0.3) is 0 Å². The summed E-state index contributed by atoms with van der Waals surface area (Å²) in [4.78, 5) is 0. The molecule has 0 spiro atoms. The van der Waals surface area contributed by atoms with Gasteiger partial charge in [0, 0.05) is 19.3 Å². The van der Waals surface area contributed by atoms with E-state index >= 15 is 0 Å². The Morgan fingerprint density at radius 2 is 2.00 bits per heavy atom. The zero-order valence-corrected chi connectivity index (χ0v) is 9.34. The lowest BCUT2D eigenvalue weighted by Gasteiger charge is -2.39. The summed E-state index contributed by atoms with van der Waals surface area (Å²) < 4.78 is 5.42. The lowest BCUT2D eigenvalue weighted by atomic mass is 9.73. The van der Waals surface area contributed by atoms with Crippen LogP contribution in [0.3, 0.4) is 0 Å². The van der Waals surface area contributed by atoms with E-state index in [1.54, 1.807) is 0 Å². The lowest BCUT2D eigenvalue weighted by Crippen LogP contribution is -2.47. The second-order valence-corrected chi connectivity index (χ2v) is 5.40. The molecule has 3 unspecified atom stereocenters. The largest absolute Gasteiger partial charge is 0.381 e. The van der Waals surface area contributed by atoms with E-state index in [1.165, 1.54) is 0 Å². The van der Waals surface area contributed by atoms with Crippen LogP contribution in [0, 0.1) is 17.3 Å². The molecule has 1 aliphatic rings. The summed E-state index contributed by atoms with van der Waals surface area (Å²) in [5.74, 6) is 1.25. The van der Waals surface area contributed by atoms with E-state index in [0.717, 1.165) is 19.6 Å². The van der Waals surface area contributed by atoms with E-state index in [2.05, 4.69) is 27.7 Å². The Morgan fingerprint density at radius 3 is 2.46 bits per heavy atom. The van der Waals surface area contributed by atoms with Gasteiger partial charge >= 0.3 is 0 Å². The minimum absolute atomic E-state index is 0.219. The maximum atomic E-state index is 6.26. The van der Waals surface area contributed by atoms with Crippen molar-refractivity contribution in [3.63, 3.8) is 0 Å². The third kappa shape index (κ3) is 2.68. The van der Waals surface area contributed by atoms with Gasteiger partial charge in [0.15, 0.2) is 0 Å². The second-order valence-electron chi connectivity index (χ2n) is 5.40. The average Bonchev–Trinajstić information content (AvgIpc) is 2.02. The molecule has 0 amide bonds. The zero-order valence-electron chi connectivity index (χ0n) is 9.34. The predicted molar refractivity (Wildman–Crippen MR) is 55.5 cm³/mol. The van der Waals surface area contributed by atoms with Gasteiger partial charge in [0.2, 0.25) is 0 Å². The van der Waals surface area contributed by atoms with Crippen molar-refractivity contribution in [1.82, 2.24) is 0 Å². The second kappa shape index (κ2) is 3.97. The first-order valence-corrected chi connectivity index (χ1v) is 5.26. The van der Waals surface area contributed by atoms with Gasteiger partial charge < -0.3 is 10.5 Å². The molecule has 1 fully saturated rings. The molecule has 0 aromatic heterocycles. The van der Waals surface area contributed by atoms with Crippen LogP contribution in [0.1, 0.15) is 34.1 Å². The summed E-state index contributed by atoms with van der Waals surface area (Å²) in [5, 5.41) is 0. The van der Waals surface area contributed by atoms with E-state index in [1.807, 2.05) is 0 Å². The van der Waals surface area contributed by atoms with E-state index in [9.17, 15) is 0 Å². The van der Waals surface area contributed by atoms with Crippen molar-refractivity contribution in [2.75, 3.05) is 13.2 Å². The normalized spacial score (nSPS) is 33.0. The molecule has 2 nitrogen and oxygen atoms in total. The number of nitrogens with two attached hydrogens (primary N) is 1. The van der Waals surface area contributed by atoms with Gasteiger partial charge in [0.05, 0.1) is 0 Å². The summed E-state index contributed by atoms with van der Waals surface area (Å²) in [7, 11) is 0. The molecule has 0 aromatic rings. The van der Waals surface area contributed by atoms with Crippen molar-refractivity contribution in [2.45, 2.75) is 40.2 Å². The Morgan fingerprint density at radius 1 is 1.38 bits per heavy atom. The molecule has 0 aliphatic carbocycles. The highest BCUT2D eigenvalue weighted by atomic mass is 16.5. The minimum atomic E-state index is 0.219. The number of rotatable bonds is 1. The first kappa shape index (κ1) is 11.0. The maximum absolute atomic E-state index is 6.26. The summed E-state index contributed by atoms with van der Waals surface area (Å²) in [6.07, 6.45) is 1.12. The molecule has 0 saturated carbocycles. The fourth-order valence-corrected chi connectivity index (χ4v) is 2.07. The molecule has 1 aliphatic heterocycles. The van der Waals surface area contributed by atoms with Gasteiger partial charge in [-0.25, -0.2) is 0 Å². The first-order valence-electron chi connectivity index (χ1n) is 5.26. The highest BCUT2D eigenvalue weighted by Gasteiger charge is 2.33. The van der Waals surface area contributed by atoms with E-state index in [-0.39, 0.29) is 5.41 Å². The van der Waals surface area contributed by atoms with Crippen LogP contribution in [0.2, 0.25) is 0 Å². The third-order valence-corrected chi connectivity index (χ3v) is 3.17. The van der Waals surface area contributed by atoms with Crippen LogP contribution in [-0.2, 0) is 4.74 Å². The minimum Gasteiger partial charge on any atom is -0.381 e. The molecule has 0 aromatic carbocycles. The number of hydrogen-bond acceptors (Lipinski definition) is 2. The Balaban J connectivity index is 2.58. The van der Waals surface area contributed by atoms with Crippen molar-refractivity contribution in [2.24, 2.45) is 23.0 Å². The highest BCUT2D eigenvalue weighted by molar-refractivity contribution is 4.87. The van der Waals surface area contributed by atoms with E-state index < -0.39 is 0 Å². The Labute approximate surface area is 81.8 Å². The third-order valence-electron chi connectivity index (χ3n) is 3.17. The standard InChI is InChI=1S/C11H23NO/c1-8-7-13-6-5-9(8)10(12)11(2,3)4/h8-10H,5-7,12H2,1-4H3. The molecule has 0 bridgehead atoms. The van der Waals surface area contributed by atoms with E-state index in [4.69, 9.17) is 10.5 Å². The van der Waals surface area contributed by atoms with Crippen molar-refractivity contribution in [3.8, 4) is 0 Å². The van der Waals surface area contributed by atoms with Crippen LogP contribution in [0.4, 0.5) is 0 Å². The summed E-state index contributed by atoms with van der Waals surface area (Å²) in [5.41, 5.74) is 6.48. The van der Waals surface area contributed by atoms with Crippen molar-refractivity contribution in [1.29, 1.82) is 0 Å². The molecule has 1 rings (SSSR count). The van der Waals surface area contributed by atoms with Crippen molar-refractivity contribution >= 4 is 0 Å². The molecule has 1 saturated heterocycles. The molecule has 1 heterocycles. The Kier molecular flexibility index (Phi) is 3.36. The fourth-order valence-electron chi connectivity index (χ4n) is 2.07. The number of ether oxygens (including phenoxy) is 1. The summed E-state index contributed by atoms with van der Waals surface area (Å²) in [6, 6.07) is 0.298. The summed E-state index contributed by atoms with van der Waals surface area (Å²) >= 11 is 0. The van der Waals surface area contributed by atoms with Crippen LogP contribution in [0.5, 0.6) is 0 Å². The van der Waals surface area contributed by atoms with Gasteiger partial charge in [-0.15, -0.1) is 0 Å². The van der Waals surface area contributed by atoms with Crippen LogP contribution in [0.15, 0.2) is 0 Å².